The lowest BCUT2D eigenvalue weighted by atomic mass is 9.68. The Morgan fingerprint density at radius 1 is 1.28 bits per heavy atom. The van der Waals surface area contributed by atoms with Gasteiger partial charge in [-0.15, -0.1) is 6.58 Å². The molecule has 0 aromatic heterocycles. The van der Waals surface area contributed by atoms with E-state index in [0.717, 1.165) is 29.7 Å². The lowest BCUT2D eigenvalue weighted by Gasteiger charge is -2.44. The highest BCUT2D eigenvalue weighted by Crippen LogP contribution is 2.49. The van der Waals surface area contributed by atoms with Crippen LogP contribution in [0.4, 0.5) is 0 Å². The minimum absolute atomic E-state index is 0.0113. The molecule has 3 aliphatic rings. The second-order valence-corrected chi connectivity index (χ2v) is 10.0. The predicted molar refractivity (Wildman–Crippen MR) is 126 cm³/mol. The van der Waals surface area contributed by atoms with Crippen LogP contribution in [-0.4, -0.2) is 25.6 Å². The van der Waals surface area contributed by atoms with Crippen molar-refractivity contribution in [2.24, 2.45) is 17.3 Å². The SMILES string of the molecule is C=C[C@]1(C)CC[C@@H]2OC(c3ccc(OC)cc3)OCC2=C1CC1=C(C)[C@@H](C(C)C)CC1=O. The van der Waals surface area contributed by atoms with Crippen LogP contribution in [-0.2, 0) is 14.3 Å². The first kappa shape index (κ1) is 23.0. The zero-order chi connectivity index (χ0) is 23.0. The van der Waals surface area contributed by atoms with Gasteiger partial charge in [-0.2, -0.15) is 0 Å². The van der Waals surface area contributed by atoms with E-state index >= 15 is 0 Å². The molecule has 1 unspecified atom stereocenters. The summed E-state index contributed by atoms with van der Waals surface area (Å²) in [7, 11) is 1.66. The van der Waals surface area contributed by atoms with Gasteiger partial charge in [-0.05, 0) is 61.3 Å². The Labute approximate surface area is 192 Å². The zero-order valence-electron chi connectivity index (χ0n) is 20.1. The summed E-state index contributed by atoms with van der Waals surface area (Å²) in [6.07, 6.45) is 4.89. The van der Waals surface area contributed by atoms with Crippen molar-refractivity contribution in [3.63, 3.8) is 0 Å². The minimum atomic E-state index is -0.386. The summed E-state index contributed by atoms with van der Waals surface area (Å²) in [5.41, 5.74) is 5.58. The standard InChI is InChI=1S/C28H36O4/c1-7-28(5)13-12-26-23(16-31-27(32-26)19-8-10-20(30-6)11-9-19)24(28)14-22-18(4)21(17(2)3)15-25(22)29/h7-11,17,21,26-27H,1,12-16H2,2-6H3/t21-,26+,27?,28-/m1/s1. The Balaban J connectivity index is 1.63. The van der Waals surface area contributed by atoms with Crippen LogP contribution in [0, 0.1) is 17.3 Å². The number of allylic oxidation sites excluding steroid dienone is 4. The van der Waals surface area contributed by atoms with E-state index in [1.807, 2.05) is 24.3 Å². The number of hydrogen-bond acceptors (Lipinski definition) is 4. The Kier molecular flexibility index (Phi) is 6.46. The Hall–Kier alpha value is -2.17. The maximum absolute atomic E-state index is 12.9. The summed E-state index contributed by atoms with van der Waals surface area (Å²) in [6, 6.07) is 7.85. The van der Waals surface area contributed by atoms with Gasteiger partial charge in [-0.25, -0.2) is 0 Å². The molecular weight excluding hydrogens is 400 g/mol. The first-order chi connectivity index (χ1) is 15.3. The third-order valence-electron chi connectivity index (χ3n) is 7.84. The molecule has 0 spiro atoms. The summed E-state index contributed by atoms with van der Waals surface area (Å²) in [5.74, 6) is 1.95. The first-order valence-electron chi connectivity index (χ1n) is 11.8. The van der Waals surface area contributed by atoms with Crippen LogP contribution >= 0.6 is 0 Å². The van der Waals surface area contributed by atoms with E-state index < -0.39 is 0 Å². The third kappa shape index (κ3) is 4.11. The monoisotopic (exact) mass is 436 g/mol. The summed E-state index contributed by atoms with van der Waals surface area (Å²) in [4.78, 5) is 12.9. The number of rotatable bonds is 6. The van der Waals surface area contributed by atoms with Gasteiger partial charge in [0.05, 0.1) is 19.8 Å². The molecule has 1 aliphatic heterocycles. The van der Waals surface area contributed by atoms with Gasteiger partial charge in [0.15, 0.2) is 12.1 Å². The molecule has 2 aliphatic carbocycles. The van der Waals surface area contributed by atoms with Gasteiger partial charge < -0.3 is 14.2 Å². The predicted octanol–water partition coefficient (Wildman–Crippen LogP) is 6.34. The molecular formula is C28H36O4. The van der Waals surface area contributed by atoms with E-state index in [2.05, 4.69) is 40.3 Å². The maximum Gasteiger partial charge on any atom is 0.184 e. The van der Waals surface area contributed by atoms with E-state index in [1.165, 1.54) is 16.7 Å². The second-order valence-electron chi connectivity index (χ2n) is 10.0. The first-order valence-corrected chi connectivity index (χ1v) is 11.8. The van der Waals surface area contributed by atoms with E-state index in [9.17, 15) is 4.79 Å². The molecule has 4 rings (SSSR count). The summed E-state index contributed by atoms with van der Waals surface area (Å²) in [5, 5.41) is 0. The molecule has 0 N–H and O–H groups in total. The van der Waals surface area contributed by atoms with Crippen LogP contribution in [0.5, 0.6) is 5.75 Å². The fourth-order valence-electron chi connectivity index (χ4n) is 5.55. The molecule has 4 nitrogen and oxygen atoms in total. The van der Waals surface area contributed by atoms with Gasteiger partial charge in [0, 0.05) is 17.4 Å². The number of methoxy groups -OCH3 is 1. The number of ketones is 1. The minimum Gasteiger partial charge on any atom is -0.497 e. The Morgan fingerprint density at radius 3 is 2.59 bits per heavy atom. The number of carbonyl (C=O) groups is 1. The van der Waals surface area contributed by atoms with Gasteiger partial charge in [-0.3, -0.25) is 4.79 Å². The van der Waals surface area contributed by atoms with Gasteiger partial charge in [0.2, 0.25) is 0 Å². The fraction of sp³-hybridized carbons (Fsp3) is 0.536. The van der Waals surface area contributed by atoms with Gasteiger partial charge in [0.25, 0.3) is 0 Å². The molecule has 4 atom stereocenters. The van der Waals surface area contributed by atoms with E-state index in [4.69, 9.17) is 14.2 Å². The second kappa shape index (κ2) is 8.99. The highest BCUT2D eigenvalue weighted by molar-refractivity contribution is 5.99. The number of Topliss-reactive ketones (excluding diaryl/α,β-unsaturated/α-hetero) is 1. The van der Waals surface area contributed by atoms with Gasteiger partial charge in [0.1, 0.15) is 5.75 Å². The summed E-state index contributed by atoms with van der Waals surface area (Å²) in [6.45, 7) is 13.5. The van der Waals surface area contributed by atoms with Gasteiger partial charge >= 0.3 is 0 Å². The number of fused-ring (bicyclic) bond motifs is 1. The number of hydrogen-bond donors (Lipinski definition) is 0. The number of carbonyl (C=O) groups excluding carboxylic acids is 1. The van der Waals surface area contributed by atoms with Crippen molar-refractivity contribution in [1.29, 1.82) is 0 Å². The summed E-state index contributed by atoms with van der Waals surface area (Å²) >= 11 is 0. The zero-order valence-corrected chi connectivity index (χ0v) is 20.1. The van der Waals surface area contributed by atoms with Crippen LogP contribution in [0.3, 0.4) is 0 Å². The molecule has 1 fully saturated rings. The van der Waals surface area contributed by atoms with Crippen molar-refractivity contribution in [2.75, 3.05) is 13.7 Å². The number of benzene rings is 1. The summed E-state index contributed by atoms with van der Waals surface area (Å²) < 4.78 is 17.9. The fourth-order valence-corrected chi connectivity index (χ4v) is 5.55. The Morgan fingerprint density at radius 2 is 2.00 bits per heavy atom. The van der Waals surface area contributed by atoms with E-state index in [1.54, 1.807) is 7.11 Å². The molecule has 1 aromatic rings. The van der Waals surface area contributed by atoms with Crippen molar-refractivity contribution in [3.8, 4) is 5.75 Å². The van der Waals surface area contributed by atoms with E-state index in [0.29, 0.717) is 37.1 Å². The van der Waals surface area contributed by atoms with Crippen LogP contribution < -0.4 is 4.74 Å². The molecule has 32 heavy (non-hydrogen) atoms. The average Bonchev–Trinajstić information content (AvgIpc) is 3.09. The van der Waals surface area contributed by atoms with E-state index in [-0.39, 0.29) is 17.8 Å². The van der Waals surface area contributed by atoms with Crippen LogP contribution in [0.15, 0.2) is 59.2 Å². The van der Waals surface area contributed by atoms with Crippen LogP contribution in [0.1, 0.15) is 65.2 Å². The molecule has 1 saturated heterocycles. The lowest BCUT2D eigenvalue weighted by molar-refractivity contribution is -0.197. The highest BCUT2D eigenvalue weighted by Gasteiger charge is 2.42. The van der Waals surface area contributed by atoms with Crippen molar-refractivity contribution < 1.29 is 19.0 Å². The largest absolute Gasteiger partial charge is 0.497 e. The molecule has 172 valence electrons. The molecule has 0 radical (unpaired) electrons. The van der Waals surface area contributed by atoms with Crippen molar-refractivity contribution in [2.45, 2.75) is 65.8 Å². The molecule has 0 saturated carbocycles. The van der Waals surface area contributed by atoms with Crippen molar-refractivity contribution in [1.82, 2.24) is 0 Å². The lowest BCUT2D eigenvalue weighted by Crippen LogP contribution is -2.38. The quantitative estimate of drug-likeness (QED) is 0.488. The van der Waals surface area contributed by atoms with Crippen LogP contribution in [0.25, 0.3) is 0 Å². The van der Waals surface area contributed by atoms with Crippen molar-refractivity contribution in [3.05, 3.63) is 64.8 Å². The topological polar surface area (TPSA) is 44.8 Å². The smallest absolute Gasteiger partial charge is 0.184 e. The van der Waals surface area contributed by atoms with Crippen LogP contribution in [0.2, 0.25) is 0 Å². The molecule has 1 aromatic carbocycles. The average molecular weight is 437 g/mol. The highest BCUT2D eigenvalue weighted by atomic mass is 16.7. The number of ether oxygens (including phenoxy) is 3. The molecule has 0 amide bonds. The maximum atomic E-state index is 12.9. The third-order valence-corrected chi connectivity index (χ3v) is 7.84. The van der Waals surface area contributed by atoms with Crippen molar-refractivity contribution >= 4 is 5.78 Å². The normalized spacial score (nSPS) is 30.7. The molecule has 4 heteroatoms. The molecule has 1 heterocycles. The Bertz CT molecular complexity index is 952. The van der Waals surface area contributed by atoms with Gasteiger partial charge in [-0.1, -0.05) is 50.1 Å². The molecule has 0 bridgehead atoms.